The van der Waals surface area contributed by atoms with Gasteiger partial charge in [0.05, 0.1) is 26.4 Å². The highest BCUT2D eigenvalue weighted by molar-refractivity contribution is 7.47. The van der Waals surface area contributed by atoms with E-state index in [1.165, 1.54) is 148 Å². The second kappa shape index (κ2) is 59.4. The summed E-state index contributed by atoms with van der Waals surface area (Å²) in [5, 5.41) is 10.5. The summed E-state index contributed by atoms with van der Waals surface area (Å²) in [7, 11) is -9.88. The number of ether oxygens (including phenoxy) is 4. The third-order valence-corrected chi connectivity index (χ3v) is 17.4. The van der Waals surface area contributed by atoms with Gasteiger partial charge in [0.1, 0.15) is 19.3 Å². The lowest BCUT2D eigenvalue weighted by atomic mass is 10.0. The average molecular weight is 1270 g/mol. The van der Waals surface area contributed by atoms with Crippen LogP contribution in [-0.4, -0.2) is 96.7 Å². The summed E-state index contributed by atoms with van der Waals surface area (Å²) >= 11 is 0. The third kappa shape index (κ3) is 60.9. The van der Waals surface area contributed by atoms with E-state index < -0.39 is 97.5 Å². The van der Waals surface area contributed by atoms with Crippen molar-refractivity contribution in [1.82, 2.24) is 0 Å². The van der Waals surface area contributed by atoms with Crippen LogP contribution in [0.25, 0.3) is 0 Å². The van der Waals surface area contributed by atoms with E-state index in [2.05, 4.69) is 41.5 Å². The molecule has 510 valence electrons. The number of unbranched alkanes of at least 4 members (excludes halogenated alkanes) is 36. The standard InChI is InChI=1S/C67H130O17P2/c1-7-9-11-13-14-15-16-21-28-33-39-45-51-66(71)83-62(55-77-64(69)49-43-35-12-10-8-2)57-81-85(73,74)79-53-61(68)54-80-86(75,76)82-58-63(56-78-65(70)50-44-38-32-27-24-23-26-31-37-42-48-60(5)6)84-67(72)52-46-40-34-29-22-19-17-18-20-25-30-36-41-47-59(3)4/h59-63,68H,7-58H2,1-6H3,(H,73,74)(H,75,76)/t61-,62+,63+/m0/s1. The average Bonchev–Trinajstić information content (AvgIpc) is 3.48. The molecule has 5 atom stereocenters. The van der Waals surface area contributed by atoms with Crippen molar-refractivity contribution in [3.05, 3.63) is 0 Å². The van der Waals surface area contributed by atoms with Crippen LogP contribution in [0.2, 0.25) is 0 Å². The van der Waals surface area contributed by atoms with Crippen LogP contribution in [0.5, 0.6) is 0 Å². The topological polar surface area (TPSA) is 237 Å². The summed E-state index contributed by atoms with van der Waals surface area (Å²) in [5.74, 6) is -0.593. The van der Waals surface area contributed by atoms with Crippen molar-refractivity contribution in [1.29, 1.82) is 0 Å². The summed E-state index contributed by atoms with van der Waals surface area (Å²) in [4.78, 5) is 72.1. The zero-order chi connectivity index (χ0) is 63.6. The highest BCUT2D eigenvalue weighted by Gasteiger charge is 2.30. The molecule has 0 aromatic rings. The second-order valence-electron chi connectivity index (χ2n) is 25.2. The van der Waals surface area contributed by atoms with Gasteiger partial charge in [0.15, 0.2) is 12.2 Å². The lowest BCUT2D eigenvalue weighted by Crippen LogP contribution is -2.30. The van der Waals surface area contributed by atoms with Crippen molar-refractivity contribution in [3.63, 3.8) is 0 Å². The van der Waals surface area contributed by atoms with Crippen LogP contribution in [0.1, 0.15) is 337 Å². The quantitative estimate of drug-likeness (QED) is 0.0222. The first kappa shape index (κ1) is 84.1. The first-order valence-electron chi connectivity index (χ1n) is 35.0. The summed E-state index contributed by atoms with van der Waals surface area (Å²) in [6.07, 6.45) is 43.3. The van der Waals surface area contributed by atoms with E-state index in [1.54, 1.807) is 0 Å². The van der Waals surface area contributed by atoms with Crippen LogP contribution in [0.4, 0.5) is 0 Å². The number of esters is 4. The molecule has 0 aromatic carbocycles. The lowest BCUT2D eigenvalue weighted by Gasteiger charge is -2.21. The summed E-state index contributed by atoms with van der Waals surface area (Å²) in [6.45, 7) is 9.45. The van der Waals surface area contributed by atoms with Gasteiger partial charge >= 0.3 is 39.5 Å². The molecule has 0 heterocycles. The Kier molecular flexibility index (Phi) is 58.0. The molecule has 3 N–H and O–H groups in total. The fraction of sp³-hybridized carbons (Fsp3) is 0.940. The maximum absolute atomic E-state index is 13.0. The Morgan fingerprint density at radius 3 is 0.791 bits per heavy atom. The van der Waals surface area contributed by atoms with E-state index in [1.807, 2.05) is 0 Å². The van der Waals surface area contributed by atoms with Crippen molar-refractivity contribution in [3.8, 4) is 0 Å². The van der Waals surface area contributed by atoms with E-state index in [-0.39, 0.29) is 25.7 Å². The largest absolute Gasteiger partial charge is 0.472 e. The predicted octanol–water partition coefficient (Wildman–Crippen LogP) is 18.8. The van der Waals surface area contributed by atoms with Gasteiger partial charge < -0.3 is 33.8 Å². The predicted molar refractivity (Wildman–Crippen MR) is 345 cm³/mol. The molecule has 0 radical (unpaired) electrons. The first-order chi connectivity index (χ1) is 41.4. The molecule has 0 spiro atoms. The Morgan fingerprint density at radius 1 is 0.314 bits per heavy atom. The molecular weight excluding hydrogens is 1140 g/mol. The van der Waals surface area contributed by atoms with Crippen molar-refractivity contribution in [2.45, 2.75) is 355 Å². The number of carbonyl (C=O) groups excluding carboxylic acids is 4. The van der Waals surface area contributed by atoms with Gasteiger partial charge in [0.25, 0.3) is 0 Å². The summed E-state index contributed by atoms with van der Waals surface area (Å²) in [5.41, 5.74) is 0. The number of aliphatic hydroxyl groups excluding tert-OH is 1. The van der Waals surface area contributed by atoms with Crippen molar-refractivity contribution in [2.75, 3.05) is 39.6 Å². The van der Waals surface area contributed by atoms with Crippen LogP contribution in [-0.2, 0) is 65.4 Å². The van der Waals surface area contributed by atoms with Gasteiger partial charge in [0.2, 0.25) is 0 Å². The molecule has 0 aromatic heterocycles. The van der Waals surface area contributed by atoms with E-state index in [4.69, 9.17) is 37.0 Å². The van der Waals surface area contributed by atoms with Gasteiger partial charge in [-0.05, 0) is 37.5 Å². The summed E-state index contributed by atoms with van der Waals surface area (Å²) in [6, 6.07) is 0. The van der Waals surface area contributed by atoms with Crippen molar-refractivity contribution in [2.24, 2.45) is 11.8 Å². The van der Waals surface area contributed by atoms with Gasteiger partial charge in [-0.2, -0.15) is 0 Å². The lowest BCUT2D eigenvalue weighted by molar-refractivity contribution is -0.161. The third-order valence-electron chi connectivity index (χ3n) is 15.5. The number of phosphoric acid groups is 2. The van der Waals surface area contributed by atoms with Crippen LogP contribution in [0, 0.1) is 11.8 Å². The van der Waals surface area contributed by atoms with Crippen LogP contribution in [0.3, 0.4) is 0 Å². The minimum absolute atomic E-state index is 0.106. The van der Waals surface area contributed by atoms with Crippen LogP contribution >= 0.6 is 15.6 Å². The van der Waals surface area contributed by atoms with Gasteiger partial charge in [-0.25, -0.2) is 9.13 Å². The molecule has 0 fully saturated rings. The Morgan fingerprint density at radius 2 is 0.535 bits per heavy atom. The molecule has 0 aliphatic carbocycles. The van der Waals surface area contributed by atoms with Crippen molar-refractivity contribution >= 4 is 39.5 Å². The minimum atomic E-state index is -4.95. The molecule has 0 saturated carbocycles. The summed E-state index contributed by atoms with van der Waals surface area (Å²) < 4.78 is 68.0. The fourth-order valence-electron chi connectivity index (χ4n) is 10.1. The minimum Gasteiger partial charge on any atom is -0.462 e. The van der Waals surface area contributed by atoms with Gasteiger partial charge in [-0.3, -0.25) is 37.3 Å². The zero-order valence-corrected chi connectivity index (χ0v) is 57.4. The molecule has 86 heavy (non-hydrogen) atoms. The molecule has 19 heteroatoms. The highest BCUT2D eigenvalue weighted by atomic mass is 31.2. The Bertz CT molecular complexity index is 1680. The van der Waals surface area contributed by atoms with Gasteiger partial charge in [-0.1, -0.05) is 286 Å². The monoisotopic (exact) mass is 1270 g/mol. The number of aliphatic hydroxyl groups is 1. The Balaban J connectivity index is 5.17. The normalized spacial score (nSPS) is 14.2. The maximum atomic E-state index is 13.0. The molecule has 0 aliphatic heterocycles. The van der Waals surface area contributed by atoms with Gasteiger partial charge in [-0.15, -0.1) is 0 Å². The number of carbonyl (C=O) groups is 4. The maximum Gasteiger partial charge on any atom is 0.472 e. The fourth-order valence-corrected chi connectivity index (χ4v) is 11.6. The molecule has 17 nitrogen and oxygen atoms in total. The molecular formula is C67H130O17P2. The number of phosphoric ester groups is 2. The number of rotatable bonds is 66. The molecule has 0 rings (SSSR count). The SMILES string of the molecule is CCCCCCCCCCCCCCC(=O)O[C@H](COC(=O)CCCCCCC)COP(=O)(O)OC[C@H](O)COP(=O)(O)OC[C@@H](COC(=O)CCCCCCCCCCCCC(C)C)OC(=O)CCCCCCCCCCCCCCCC(C)C. The molecule has 2 unspecified atom stereocenters. The Hall–Kier alpha value is -1.94. The first-order valence-corrected chi connectivity index (χ1v) is 38.0. The van der Waals surface area contributed by atoms with E-state index in [9.17, 15) is 43.2 Å². The molecule has 0 amide bonds. The van der Waals surface area contributed by atoms with Gasteiger partial charge in [0, 0.05) is 25.7 Å². The Labute approximate surface area is 524 Å². The molecule has 0 saturated heterocycles. The van der Waals surface area contributed by atoms with E-state index in [0.717, 1.165) is 108 Å². The van der Waals surface area contributed by atoms with E-state index >= 15 is 0 Å². The van der Waals surface area contributed by atoms with Crippen molar-refractivity contribution < 1.29 is 80.2 Å². The highest BCUT2D eigenvalue weighted by Crippen LogP contribution is 2.45. The van der Waals surface area contributed by atoms with Crippen LogP contribution in [0.15, 0.2) is 0 Å². The van der Waals surface area contributed by atoms with Crippen LogP contribution < -0.4 is 0 Å². The molecule has 0 bridgehead atoms. The molecule has 0 aliphatic rings. The second-order valence-corrected chi connectivity index (χ2v) is 28.1. The van der Waals surface area contributed by atoms with E-state index in [0.29, 0.717) is 25.7 Å². The smallest absolute Gasteiger partial charge is 0.462 e. The number of hydrogen-bond acceptors (Lipinski definition) is 15. The number of hydrogen-bond donors (Lipinski definition) is 3. The zero-order valence-electron chi connectivity index (χ0n) is 55.6.